The number of benzene rings is 2. The first-order chi connectivity index (χ1) is 15.9. The minimum Gasteiger partial charge on any atom is -0.480 e. The van der Waals surface area contributed by atoms with E-state index in [1.54, 1.807) is 0 Å². The molecule has 2 N–H and O–H groups in total. The summed E-state index contributed by atoms with van der Waals surface area (Å²) in [5.41, 5.74) is 3.43. The van der Waals surface area contributed by atoms with Crippen molar-refractivity contribution in [2.75, 3.05) is 19.7 Å². The maximum atomic E-state index is 13.3. The Hall–Kier alpha value is -3.35. The highest BCUT2D eigenvalue weighted by Crippen LogP contribution is 2.44. The number of amides is 2. The zero-order chi connectivity index (χ0) is 23.4. The Morgan fingerprint density at radius 2 is 1.61 bits per heavy atom. The molecule has 2 aromatic rings. The van der Waals surface area contributed by atoms with Crippen molar-refractivity contribution < 1.29 is 24.2 Å². The molecule has 0 saturated heterocycles. The number of carbonyl (C=O) groups excluding carboxylic acids is 2. The van der Waals surface area contributed by atoms with Gasteiger partial charge in [-0.2, -0.15) is 0 Å². The van der Waals surface area contributed by atoms with Gasteiger partial charge in [-0.3, -0.25) is 9.59 Å². The fourth-order valence-electron chi connectivity index (χ4n) is 5.19. The summed E-state index contributed by atoms with van der Waals surface area (Å²) in [6.45, 7) is 2.01. The van der Waals surface area contributed by atoms with Crippen molar-refractivity contribution in [3.63, 3.8) is 0 Å². The van der Waals surface area contributed by atoms with Gasteiger partial charge in [0.05, 0.1) is 0 Å². The van der Waals surface area contributed by atoms with Gasteiger partial charge in [-0.05, 0) is 41.5 Å². The molecule has 2 aliphatic rings. The van der Waals surface area contributed by atoms with Gasteiger partial charge in [0.25, 0.3) is 0 Å². The summed E-state index contributed by atoms with van der Waals surface area (Å²) in [6.07, 6.45) is 2.55. The monoisotopic (exact) mass is 450 g/mol. The summed E-state index contributed by atoms with van der Waals surface area (Å²) >= 11 is 0. The largest absolute Gasteiger partial charge is 0.480 e. The van der Waals surface area contributed by atoms with Crippen LogP contribution in [0.15, 0.2) is 48.5 Å². The van der Waals surface area contributed by atoms with Crippen LogP contribution in [0.25, 0.3) is 11.1 Å². The van der Waals surface area contributed by atoms with E-state index >= 15 is 0 Å². The van der Waals surface area contributed by atoms with E-state index < -0.39 is 17.6 Å². The molecule has 174 valence electrons. The highest BCUT2D eigenvalue weighted by atomic mass is 16.5. The molecule has 0 spiro atoms. The van der Waals surface area contributed by atoms with Gasteiger partial charge in [0, 0.05) is 12.5 Å². The molecule has 4 rings (SSSR count). The zero-order valence-electron chi connectivity index (χ0n) is 18.9. The lowest BCUT2D eigenvalue weighted by Gasteiger charge is -2.34. The van der Waals surface area contributed by atoms with E-state index in [1.807, 2.05) is 31.2 Å². The number of aliphatic carboxylic acids is 1. The summed E-state index contributed by atoms with van der Waals surface area (Å²) in [5.74, 6) is -1.47. The van der Waals surface area contributed by atoms with Crippen LogP contribution in [0.2, 0.25) is 0 Å². The fraction of sp³-hybridized carbons (Fsp3) is 0.423. The minimum atomic E-state index is -1.10. The van der Waals surface area contributed by atoms with Gasteiger partial charge in [0.2, 0.25) is 5.91 Å². The maximum Gasteiger partial charge on any atom is 0.408 e. The number of nitrogens with zero attached hydrogens (tertiary/aromatic N) is 1. The third-order valence-corrected chi connectivity index (χ3v) is 6.66. The lowest BCUT2D eigenvalue weighted by atomic mass is 9.95. The molecular weight excluding hydrogens is 420 g/mol. The molecule has 0 bridgehead atoms. The van der Waals surface area contributed by atoms with Crippen LogP contribution in [0.3, 0.4) is 0 Å². The minimum absolute atomic E-state index is 0.0676. The van der Waals surface area contributed by atoms with Crippen molar-refractivity contribution in [3.05, 3.63) is 59.7 Å². The maximum absolute atomic E-state index is 13.3. The molecule has 0 aromatic heterocycles. The first-order valence-corrected chi connectivity index (χ1v) is 11.6. The van der Waals surface area contributed by atoms with Crippen LogP contribution in [0, 0.1) is 0 Å². The van der Waals surface area contributed by atoms with Crippen molar-refractivity contribution in [2.24, 2.45) is 0 Å². The van der Waals surface area contributed by atoms with Crippen LogP contribution < -0.4 is 5.32 Å². The number of ether oxygens (including phenoxy) is 1. The molecule has 1 fully saturated rings. The molecule has 0 aliphatic heterocycles. The lowest BCUT2D eigenvalue weighted by Crippen LogP contribution is -2.59. The van der Waals surface area contributed by atoms with Crippen molar-refractivity contribution >= 4 is 18.0 Å². The van der Waals surface area contributed by atoms with Gasteiger partial charge < -0.3 is 20.1 Å². The number of hydrogen-bond donors (Lipinski definition) is 2. The Labute approximate surface area is 193 Å². The molecule has 33 heavy (non-hydrogen) atoms. The normalized spacial score (nSPS) is 16.0. The summed E-state index contributed by atoms with van der Waals surface area (Å²) in [6, 6.07) is 16.2. The summed E-state index contributed by atoms with van der Waals surface area (Å²) in [7, 11) is 0. The predicted molar refractivity (Wildman–Crippen MR) is 124 cm³/mol. The van der Waals surface area contributed by atoms with E-state index in [0.717, 1.165) is 35.1 Å². The Balaban J connectivity index is 1.47. The van der Waals surface area contributed by atoms with Gasteiger partial charge in [-0.25, -0.2) is 4.79 Å². The molecule has 1 saturated carbocycles. The van der Waals surface area contributed by atoms with Crippen molar-refractivity contribution in [1.29, 1.82) is 0 Å². The Morgan fingerprint density at radius 1 is 1.03 bits per heavy atom. The molecule has 0 unspecified atom stereocenters. The Morgan fingerprint density at radius 3 is 2.15 bits per heavy atom. The predicted octanol–water partition coefficient (Wildman–Crippen LogP) is 4.16. The third kappa shape index (κ3) is 4.58. The first-order valence-electron chi connectivity index (χ1n) is 11.6. The van der Waals surface area contributed by atoms with Crippen molar-refractivity contribution in [3.8, 4) is 11.1 Å². The van der Waals surface area contributed by atoms with Crippen LogP contribution in [0.1, 0.15) is 56.1 Å². The molecule has 0 heterocycles. The van der Waals surface area contributed by atoms with Gasteiger partial charge >= 0.3 is 12.1 Å². The van der Waals surface area contributed by atoms with Gasteiger partial charge in [0.15, 0.2) is 0 Å². The molecule has 2 amide bonds. The molecule has 0 atom stereocenters. The third-order valence-electron chi connectivity index (χ3n) is 6.66. The smallest absolute Gasteiger partial charge is 0.408 e. The van der Waals surface area contributed by atoms with E-state index in [1.165, 1.54) is 4.90 Å². The van der Waals surface area contributed by atoms with Gasteiger partial charge in [-0.15, -0.1) is 0 Å². The number of alkyl carbamates (subject to hydrolysis) is 1. The van der Waals surface area contributed by atoms with Crippen LogP contribution >= 0.6 is 0 Å². The van der Waals surface area contributed by atoms with E-state index in [0.29, 0.717) is 25.8 Å². The highest BCUT2D eigenvalue weighted by molar-refractivity contribution is 5.92. The van der Waals surface area contributed by atoms with E-state index in [4.69, 9.17) is 4.74 Å². The second-order valence-corrected chi connectivity index (χ2v) is 8.86. The van der Waals surface area contributed by atoms with Crippen LogP contribution in [0.4, 0.5) is 4.79 Å². The average Bonchev–Trinajstić information content (AvgIpc) is 3.40. The zero-order valence-corrected chi connectivity index (χ0v) is 18.9. The number of hydrogen-bond acceptors (Lipinski definition) is 4. The first kappa shape index (κ1) is 22.8. The second-order valence-electron chi connectivity index (χ2n) is 8.86. The van der Waals surface area contributed by atoms with Gasteiger partial charge in [0.1, 0.15) is 18.7 Å². The van der Waals surface area contributed by atoms with E-state index in [9.17, 15) is 19.5 Å². The van der Waals surface area contributed by atoms with Crippen molar-refractivity contribution in [2.45, 2.75) is 50.5 Å². The number of nitrogens with one attached hydrogen (secondary N) is 1. The summed E-state index contributed by atoms with van der Waals surface area (Å²) in [5, 5.41) is 12.1. The standard InChI is InChI=1S/C26H30N2O5/c1-2-15-28(16-23(29)30)24(31)26(13-7-8-14-26)27-25(32)33-17-22-20-11-5-3-9-18(20)19-10-4-6-12-21(19)22/h3-6,9-12,22H,2,7-8,13-17H2,1H3,(H,27,32)(H,29,30). The molecule has 2 aromatic carbocycles. The number of carboxylic acids is 1. The van der Waals surface area contributed by atoms with Crippen LogP contribution in [0.5, 0.6) is 0 Å². The average molecular weight is 451 g/mol. The topological polar surface area (TPSA) is 95.9 Å². The Kier molecular flexibility index (Phi) is 6.67. The number of rotatable bonds is 8. The quantitative estimate of drug-likeness (QED) is 0.630. The fourth-order valence-corrected chi connectivity index (χ4v) is 5.19. The summed E-state index contributed by atoms with van der Waals surface area (Å²) < 4.78 is 5.66. The number of carbonyl (C=O) groups is 3. The van der Waals surface area contributed by atoms with Crippen LogP contribution in [-0.2, 0) is 14.3 Å². The molecule has 7 heteroatoms. The lowest BCUT2D eigenvalue weighted by molar-refractivity contribution is -0.147. The van der Waals surface area contributed by atoms with Crippen LogP contribution in [-0.4, -0.2) is 53.2 Å². The number of carboxylic acid groups (broad SMARTS) is 1. The van der Waals surface area contributed by atoms with E-state index in [2.05, 4.69) is 29.6 Å². The SMILES string of the molecule is CCCN(CC(=O)O)C(=O)C1(NC(=O)OCC2c3ccccc3-c3ccccc32)CCCC1. The molecule has 0 radical (unpaired) electrons. The molecular formula is C26H30N2O5. The second kappa shape index (κ2) is 9.65. The highest BCUT2D eigenvalue weighted by Gasteiger charge is 2.45. The molecule has 2 aliphatic carbocycles. The Bertz CT molecular complexity index is 999. The molecule has 7 nitrogen and oxygen atoms in total. The summed E-state index contributed by atoms with van der Waals surface area (Å²) in [4.78, 5) is 38.8. The number of fused-ring (bicyclic) bond motifs is 3. The van der Waals surface area contributed by atoms with Gasteiger partial charge in [-0.1, -0.05) is 68.3 Å². The van der Waals surface area contributed by atoms with E-state index in [-0.39, 0.29) is 25.0 Å². The van der Waals surface area contributed by atoms with Crippen molar-refractivity contribution in [1.82, 2.24) is 10.2 Å².